The number of nitrogens with zero attached hydrogens (tertiary/aromatic N) is 1. The van der Waals surface area contributed by atoms with Gasteiger partial charge in [0, 0.05) is 11.8 Å². The van der Waals surface area contributed by atoms with Gasteiger partial charge in [-0.05, 0) is 55.7 Å². The van der Waals surface area contributed by atoms with E-state index in [0.29, 0.717) is 29.3 Å². The van der Waals surface area contributed by atoms with Gasteiger partial charge in [-0.1, -0.05) is 13.0 Å². The molecule has 0 radical (unpaired) electrons. The second-order valence-corrected chi connectivity index (χ2v) is 8.75. The monoisotopic (exact) mass is 420 g/mol. The van der Waals surface area contributed by atoms with Crippen molar-refractivity contribution in [3.63, 3.8) is 0 Å². The molecule has 2 aromatic rings. The lowest BCUT2D eigenvalue weighted by Gasteiger charge is -2.30. The molecular weight excluding hydrogens is 392 g/mol. The molecule has 0 aliphatic carbocycles. The Morgan fingerprint density at radius 2 is 1.62 bits per heavy atom. The first-order valence-electron chi connectivity index (χ1n) is 9.21. The van der Waals surface area contributed by atoms with Gasteiger partial charge >= 0.3 is 0 Å². The molecule has 7 nitrogen and oxygen atoms in total. The van der Waals surface area contributed by atoms with Gasteiger partial charge in [0.15, 0.2) is 11.5 Å². The standard InChI is InChI=1S/C21H28N2O5S/c1-7-18(21(24)22-16-8-9-19(27-4)20(13-16)28-5)23(29(6,25)26)17-11-14(2)10-15(3)12-17/h8-13,18H,7H2,1-6H3,(H,22,24)/t18-/m1/s1. The SMILES string of the molecule is CC[C@H](C(=O)Nc1ccc(OC)c(OC)c1)N(c1cc(C)cc(C)c1)S(C)(=O)=O. The zero-order valence-electron chi connectivity index (χ0n) is 17.6. The lowest BCUT2D eigenvalue weighted by Crippen LogP contribution is -2.47. The molecule has 0 aromatic heterocycles. The lowest BCUT2D eigenvalue weighted by atomic mass is 10.1. The fourth-order valence-corrected chi connectivity index (χ4v) is 4.47. The highest BCUT2D eigenvalue weighted by Gasteiger charge is 2.32. The fraction of sp³-hybridized carbons (Fsp3) is 0.381. The molecule has 8 heteroatoms. The van der Waals surface area contributed by atoms with Crippen molar-refractivity contribution in [2.24, 2.45) is 0 Å². The molecule has 0 aliphatic heterocycles. The van der Waals surface area contributed by atoms with Crippen molar-refractivity contribution >= 4 is 27.3 Å². The molecule has 158 valence electrons. The van der Waals surface area contributed by atoms with Crippen LogP contribution in [0.4, 0.5) is 11.4 Å². The maximum Gasteiger partial charge on any atom is 0.248 e. The smallest absolute Gasteiger partial charge is 0.248 e. The molecule has 0 aliphatic rings. The van der Waals surface area contributed by atoms with Gasteiger partial charge in [0.05, 0.1) is 26.2 Å². The summed E-state index contributed by atoms with van der Waals surface area (Å²) < 4.78 is 36.9. The van der Waals surface area contributed by atoms with Crippen LogP contribution in [0.25, 0.3) is 0 Å². The number of aryl methyl sites for hydroxylation is 2. The molecule has 0 fully saturated rings. The summed E-state index contributed by atoms with van der Waals surface area (Å²) in [4.78, 5) is 13.0. The van der Waals surface area contributed by atoms with E-state index < -0.39 is 22.0 Å². The molecule has 2 rings (SSSR count). The summed E-state index contributed by atoms with van der Waals surface area (Å²) in [6.07, 6.45) is 1.41. The molecule has 0 saturated carbocycles. The van der Waals surface area contributed by atoms with Crippen LogP contribution in [-0.4, -0.2) is 40.8 Å². The van der Waals surface area contributed by atoms with Gasteiger partial charge in [-0.25, -0.2) is 8.42 Å². The molecular formula is C21H28N2O5S. The Kier molecular flexibility index (Phi) is 7.13. The molecule has 0 bridgehead atoms. The van der Waals surface area contributed by atoms with Crippen molar-refractivity contribution in [2.75, 3.05) is 30.1 Å². The van der Waals surface area contributed by atoms with Crippen LogP contribution in [0.1, 0.15) is 24.5 Å². The zero-order chi connectivity index (χ0) is 21.8. The summed E-state index contributed by atoms with van der Waals surface area (Å²) in [5.41, 5.74) is 2.80. The van der Waals surface area contributed by atoms with Crippen molar-refractivity contribution < 1.29 is 22.7 Å². The molecule has 0 saturated heterocycles. The van der Waals surface area contributed by atoms with Crippen molar-refractivity contribution in [3.8, 4) is 11.5 Å². The topological polar surface area (TPSA) is 84.9 Å². The number of ether oxygens (including phenoxy) is 2. The second kappa shape index (κ2) is 9.17. The Hall–Kier alpha value is -2.74. The highest BCUT2D eigenvalue weighted by Crippen LogP contribution is 2.30. The predicted molar refractivity (Wildman–Crippen MR) is 115 cm³/mol. The highest BCUT2D eigenvalue weighted by molar-refractivity contribution is 7.92. The number of methoxy groups -OCH3 is 2. The van der Waals surface area contributed by atoms with E-state index in [1.165, 1.54) is 18.5 Å². The van der Waals surface area contributed by atoms with Crippen molar-refractivity contribution in [3.05, 3.63) is 47.5 Å². The number of amides is 1. The maximum absolute atomic E-state index is 13.0. The lowest BCUT2D eigenvalue weighted by molar-refractivity contribution is -0.117. The average Bonchev–Trinajstić information content (AvgIpc) is 2.63. The predicted octanol–water partition coefficient (Wildman–Crippen LogP) is 3.50. The van der Waals surface area contributed by atoms with Gasteiger partial charge in [-0.3, -0.25) is 9.10 Å². The van der Waals surface area contributed by atoms with Gasteiger partial charge in [-0.2, -0.15) is 0 Å². The van der Waals surface area contributed by atoms with E-state index in [1.807, 2.05) is 19.9 Å². The van der Waals surface area contributed by atoms with Crippen LogP contribution in [-0.2, 0) is 14.8 Å². The first-order valence-corrected chi connectivity index (χ1v) is 11.1. The summed E-state index contributed by atoms with van der Waals surface area (Å²) in [6.45, 7) is 5.56. The molecule has 1 N–H and O–H groups in total. The minimum atomic E-state index is -3.70. The fourth-order valence-electron chi connectivity index (χ4n) is 3.28. The highest BCUT2D eigenvalue weighted by atomic mass is 32.2. The quantitative estimate of drug-likeness (QED) is 0.706. The first-order chi connectivity index (χ1) is 13.6. The van der Waals surface area contributed by atoms with Gasteiger partial charge in [-0.15, -0.1) is 0 Å². The van der Waals surface area contributed by atoms with Crippen LogP contribution in [0.5, 0.6) is 11.5 Å². The van der Waals surface area contributed by atoms with E-state index in [4.69, 9.17) is 9.47 Å². The molecule has 0 unspecified atom stereocenters. The van der Waals surface area contributed by atoms with Crippen LogP contribution < -0.4 is 19.1 Å². The number of carbonyl (C=O) groups is 1. The molecule has 2 aromatic carbocycles. The van der Waals surface area contributed by atoms with Gasteiger partial charge in [0.25, 0.3) is 0 Å². The maximum atomic E-state index is 13.0. The Labute approximate surface area is 172 Å². The Morgan fingerprint density at radius 1 is 1.03 bits per heavy atom. The summed E-state index contributed by atoms with van der Waals surface area (Å²) in [5, 5.41) is 2.79. The molecule has 0 heterocycles. The minimum absolute atomic E-state index is 0.305. The van der Waals surface area contributed by atoms with E-state index in [0.717, 1.165) is 17.4 Å². The van der Waals surface area contributed by atoms with E-state index in [-0.39, 0.29) is 0 Å². The van der Waals surface area contributed by atoms with Crippen molar-refractivity contribution in [1.82, 2.24) is 0 Å². The third-order valence-electron chi connectivity index (χ3n) is 4.44. The largest absolute Gasteiger partial charge is 0.493 e. The summed E-state index contributed by atoms with van der Waals surface area (Å²) in [6, 6.07) is 9.56. The number of anilines is 2. The summed E-state index contributed by atoms with van der Waals surface area (Å²) in [5.74, 6) is 0.572. The number of hydrogen-bond donors (Lipinski definition) is 1. The Morgan fingerprint density at radius 3 is 2.10 bits per heavy atom. The number of rotatable bonds is 8. The van der Waals surface area contributed by atoms with Crippen LogP contribution in [0, 0.1) is 13.8 Å². The van der Waals surface area contributed by atoms with Gasteiger partial charge in [0.1, 0.15) is 6.04 Å². The average molecular weight is 421 g/mol. The van der Waals surface area contributed by atoms with Crippen molar-refractivity contribution in [1.29, 1.82) is 0 Å². The van der Waals surface area contributed by atoms with Crippen LogP contribution in [0.3, 0.4) is 0 Å². The second-order valence-electron chi connectivity index (χ2n) is 6.89. The molecule has 1 amide bonds. The molecule has 29 heavy (non-hydrogen) atoms. The molecule has 1 atom stereocenters. The van der Waals surface area contributed by atoms with Crippen LogP contribution in [0.2, 0.25) is 0 Å². The minimum Gasteiger partial charge on any atom is -0.493 e. The summed E-state index contributed by atoms with van der Waals surface area (Å²) in [7, 11) is -0.667. The Balaban J connectivity index is 2.41. The Bertz CT molecular complexity index is 968. The number of carbonyl (C=O) groups excluding carboxylic acids is 1. The third-order valence-corrected chi connectivity index (χ3v) is 5.62. The number of benzene rings is 2. The van der Waals surface area contributed by atoms with E-state index >= 15 is 0 Å². The van der Waals surface area contributed by atoms with Crippen LogP contribution in [0.15, 0.2) is 36.4 Å². The first kappa shape index (κ1) is 22.5. The van der Waals surface area contributed by atoms with Gasteiger partial charge in [0.2, 0.25) is 15.9 Å². The number of nitrogens with one attached hydrogen (secondary N) is 1. The number of sulfonamides is 1. The van der Waals surface area contributed by atoms with E-state index in [9.17, 15) is 13.2 Å². The normalized spacial score (nSPS) is 12.2. The van der Waals surface area contributed by atoms with Crippen molar-refractivity contribution in [2.45, 2.75) is 33.2 Å². The zero-order valence-corrected chi connectivity index (χ0v) is 18.5. The number of hydrogen-bond acceptors (Lipinski definition) is 5. The van der Waals surface area contributed by atoms with Gasteiger partial charge < -0.3 is 14.8 Å². The van der Waals surface area contributed by atoms with E-state index in [1.54, 1.807) is 37.3 Å². The van der Waals surface area contributed by atoms with Crippen LogP contribution >= 0.6 is 0 Å². The van der Waals surface area contributed by atoms with E-state index in [2.05, 4.69) is 5.32 Å². The third kappa shape index (κ3) is 5.41. The summed E-state index contributed by atoms with van der Waals surface area (Å²) >= 11 is 0. The molecule has 0 spiro atoms.